The van der Waals surface area contributed by atoms with E-state index in [4.69, 9.17) is 4.74 Å². The van der Waals surface area contributed by atoms with Gasteiger partial charge in [-0.25, -0.2) is 9.50 Å². The number of methoxy groups -OCH3 is 1. The Labute approximate surface area is 127 Å². The molecule has 0 aliphatic rings. The fourth-order valence-corrected chi connectivity index (χ4v) is 2.68. The SMILES string of the molecule is COC(CC(=O)O)(c1ccccc1)c1cc2cncnn2c1. The first-order chi connectivity index (χ1) is 10.7. The molecule has 6 nitrogen and oxygen atoms in total. The lowest BCUT2D eigenvalue weighted by Crippen LogP contribution is -2.32. The van der Waals surface area contributed by atoms with E-state index in [9.17, 15) is 9.90 Å². The first-order valence-electron chi connectivity index (χ1n) is 6.77. The Morgan fingerprint density at radius 3 is 2.73 bits per heavy atom. The van der Waals surface area contributed by atoms with E-state index < -0.39 is 11.6 Å². The molecule has 0 radical (unpaired) electrons. The number of rotatable bonds is 5. The second-order valence-corrected chi connectivity index (χ2v) is 4.98. The number of aliphatic carboxylic acids is 1. The zero-order chi connectivity index (χ0) is 15.6. The maximum Gasteiger partial charge on any atom is 0.307 e. The molecule has 0 amide bonds. The molecule has 3 aromatic rings. The highest BCUT2D eigenvalue weighted by atomic mass is 16.5. The minimum atomic E-state index is -1.07. The van der Waals surface area contributed by atoms with E-state index in [1.165, 1.54) is 13.4 Å². The first-order valence-corrected chi connectivity index (χ1v) is 6.77. The van der Waals surface area contributed by atoms with Crippen molar-refractivity contribution in [2.24, 2.45) is 0 Å². The maximum atomic E-state index is 11.4. The summed E-state index contributed by atoms with van der Waals surface area (Å²) in [5.74, 6) is -0.938. The minimum Gasteiger partial charge on any atom is -0.481 e. The van der Waals surface area contributed by atoms with Gasteiger partial charge in [0, 0.05) is 18.9 Å². The van der Waals surface area contributed by atoms with Crippen molar-refractivity contribution in [2.75, 3.05) is 7.11 Å². The number of hydrogen-bond donors (Lipinski definition) is 1. The fraction of sp³-hybridized carbons (Fsp3) is 0.188. The summed E-state index contributed by atoms with van der Waals surface area (Å²) >= 11 is 0. The van der Waals surface area contributed by atoms with Gasteiger partial charge in [-0.15, -0.1) is 0 Å². The number of aromatic nitrogens is 3. The van der Waals surface area contributed by atoms with Gasteiger partial charge in [-0.1, -0.05) is 30.3 Å². The van der Waals surface area contributed by atoms with Gasteiger partial charge in [0.25, 0.3) is 0 Å². The van der Waals surface area contributed by atoms with Gasteiger partial charge < -0.3 is 9.84 Å². The first kappa shape index (κ1) is 14.2. The third kappa shape index (κ3) is 2.33. The van der Waals surface area contributed by atoms with E-state index in [-0.39, 0.29) is 6.42 Å². The van der Waals surface area contributed by atoms with Crippen LogP contribution in [0.5, 0.6) is 0 Å². The summed E-state index contributed by atoms with van der Waals surface area (Å²) in [6, 6.07) is 11.2. The van der Waals surface area contributed by atoms with Crippen LogP contribution in [0.4, 0.5) is 0 Å². The zero-order valence-corrected chi connectivity index (χ0v) is 12.0. The second-order valence-electron chi connectivity index (χ2n) is 4.98. The molecule has 112 valence electrons. The predicted octanol–water partition coefficient (Wildman–Crippen LogP) is 2.09. The molecule has 1 atom stereocenters. The highest BCUT2D eigenvalue weighted by Crippen LogP contribution is 2.37. The highest BCUT2D eigenvalue weighted by molar-refractivity contribution is 5.70. The Kier molecular flexibility index (Phi) is 3.60. The zero-order valence-electron chi connectivity index (χ0n) is 12.0. The van der Waals surface area contributed by atoms with E-state index in [2.05, 4.69) is 10.1 Å². The molecule has 0 bridgehead atoms. The van der Waals surface area contributed by atoms with E-state index in [0.29, 0.717) is 0 Å². The summed E-state index contributed by atoms with van der Waals surface area (Å²) in [6.45, 7) is 0. The number of hydrogen-bond acceptors (Lipinski definition) is 4. The normalized spacial score (nSPS) is 13.9. The number of ether oxygens (including phenoxy) is 1. The van der Waals surface area contributed by atoms with Crippen molar-refractivity contribution in [1.29, 1.82) is 0 Å². The van der Waals surface area contributed by atoms with Gasteiger partial charge >= 0.3 is 5.97 Å². The molecular formula is C16H15N3O3. The smallest absolute Gasteiger partial charge is 0.307 e. The van der Waals surface area contributed by atoms with Gasteiger partial charge in [0.15, 0.2) is 0 Å². The van der Waals surface area contributed by atoms with E-state index in [1.807, 2.05) is 36.4 Å². The maximum absolute atomic E-state index is 11.4. The minimum absolute atomic E-state index is 0.183. The summed E-state index contributed by atoms with van der Waals surface area (Å²) in [6.07, 6.45) is 4.70. The van der Waals surface area contributed by atoms with Gasteiger partial charge in [-0.3, -0.25) is 4.79 Å². The molecule has 1 unspecified atom stereocenters. The van der Waals surface area contributed by atoms with Crippen molar-refractivity contribution < 1.29 is 14.6 Å². The van der Waals surface area contributed by atoms with Crippen molar-refractivity contribution >= 4 is 11.5 Å². The number of carboxylic acid groups (broad SMARTS) is 1. The predicted molar refractivity (Wildman–Crippen MR) is 79.5 cm³/mol. The number of carbonyl (C=O) groups is 1. The Morgan fingerprint density at radius 2 is 2.09 bits per heavy atom. The molecule has 1 N–H and O–H groups in total. The molecule has 6 heteroatoms. The Morgan fingerprint density at radius 1 is 1.32 bits per heavy atom. The van der Waals surface area contributed by atoms with Crippen LogP contribution in [0.15, 0.2) is 55.1 Å². The van der Waals surface area contributed by atoms with Gasteiger partial charge in [0.1, 0.15) is 11.9 Å². The van der Waals surface area contributed by atoms with Crippen molar-refractivity contribution in [3.05, 3.63) is 66.2 Å². The van der Waals surface area contributed by atoms with Crippen molar-refractivity contribution in [3.8, 4) is 0 Å². The van der Waals surface area contributed by atoms with Crippen molar-refractivity contribution in [2.45, 2.75) is 12.0 Å². The average Bonchev–Trinajstić information content (AvgIpc) is 2.97. The van der Waals surface area contributed by atoms with Crippen LogP contribution in [0, 0.1) is 0 Å². The number of carboxylic acids is 1. The number of fused-ring (bicyclic) bond motifs is 1. The van der Waals surface area contributed by atoms with E-state index in [0.717, 1.165) is 16.6 Å². The van der Waals surface area contributed by atoms with Crippen LogP contribution in [0.3, 0.4) is 0 Å². The summed E-state index contributed by atoms with van der Waals surface area (Å²) in [4.78, 5) is 15.4. The molecule has 0 aliphatic carbocycles. The summed E-state index contributed by atoms with van der Waals surface area (Å²) in [7, 11) is 1.52. The standard InChI is InChI=1S/C16H15N3O3/c1-22-16(8-15(20)21,12-5-3-2-4-6-12)13-7-14-9-17-11-18-19(14)10-13/h2-7,9-11H,8H2,1H3,(H,20,21). The van der Waals surface area contributed by atoms with Crippen LogP contribution in [0.1, 0.15) is 17.5 Å². The molecule has 3 rings (SSSR count). The molecule has 0 aliphatic heterocycles. The van der Waals surface area contributed by atoms with Crippen LogP contribution in [0.25, 0.3) is 5.52 Å². The second kappa shape index (κ2) is 5.57. The lowest BCUT2D eigenvalue weighted by Gasteiger charge is -2.31. The molecule has 2 aromatic heterocycles. The Hall–Kier alpha value is -2.73. The summed E-state index contributed by atoms with van der Waals surface area (Å²) in [5, 5.41) is 13.5. The Balaban J connectivity index is 2.21. The topological polar surface area (TPSA) is 76.7 Å². The molecule has 2 heterocycles. The van der Waals surface area contributed by atoms with Gasteiger partial charge in [0.2, 0.25) is 0 Å². The summed E-state index contributed by atoms with van der Waals surface area (Å²) < 4.78 is 7.36. The fourth-order valence-electron chi connectivity index (χ4n) is 2.68. The number of benzene rings is 1. The van der Waals surface area contributed by atoms with E-state index >= 15 is 0 Å². The van der Waals surface area contributed by atoms with Gasteiger partial charge in [-0.2, -0.15) is 5.10 Å². The van der Waals surface area contributed by atoms with Crippen LogP contribution in [-0.2, 0) is 15.1 Å². The van der Waals surface area contributed by atoms with Crippen LogP contribution >= 0.6 is 0 Å². The molecule has 0 fully saturated rings. The van der Waals surface area contributed by atoms with Crippen molar-refractivity contribution in [1.82, 2.24) is 14.6 Å². The van der Waals surface area contributed by atoms with Crippen LogP contribution < -0.4 is 0 Å². The van der Waals surface area contributed by atoms with Crippen molar-refractivity contribution in [3.63, 3.8) is 0 Å². The van der Waals surface area contributed by atoms with Crippen LogP contribution in [0.2, 0.25) is 0 Å². The Bertz CT molecular complexity index is 768. The molecular weight excluding hydrogens is 282 g/mol. The molecule has 1 aromatic carbocycles. The van der Waals surface area contributed by atoms with E-state index in [1.54, 1.807) is 16.9 Å². The lowest BCUT2D eigenvalue weighted by atomic mass is 9.84. The number of nitrogens with zero attached hydrogens (tertiary/aromatic N) is 3. The van der Waals surface area contributed by atoms with Gasteiger partial charge in [-0.05, 0) is 11.6 Å². The average molecular weight is 297 g/mol. The molecule has 0 saturated carbocycles. The largest absolute Gasteiger partial charge is 0.481 e. The van der Waals surface area contributed by atoms with Gasteiger partial charge in [0.05, 0.1) is 18.1 Å². The monoisotopic (exact) mass is 297 g/mol. The third-order valence-corrected chi connectivity index (χ3v) is 3.73. The summed E-state index contributed by atoms with van der Waals surface area (Å²) in [5.41, 5.74) is 1.22. The molecule has 0 spiro atoms. The highest BCUT2D eigenvalue weighted by Gasteiger charge is 2.38. The lowest BCUT2D eigenvalue weighted by molar-refractivity contribution is -0.142. The molecule has 0 saturated heterocycles. The van der Waals surface area contributed by atoms with Crippen LogP contribution in [-0.4, -0.2) is 32.8 Å². The molecule has 22 heavy (non-hydrogen) atoms. The quantitative estimate of drug-likeness (QED) is 0.780. The third-order valence-electron chi connectivity index (χ3n) is 3.73.